The third-order valence-corrected chi connectivity index (χ3v) is 4.99. The zero-order valence-electron chi connectivity index (χ0n) is 14.6. The number of para-hydroxylation sites is 1. The molecule has 26 heavy (non-hydrogen) atoms. The first-order valence-electron chi connectivity index (χ1n) is 8.35. The molecule has 0 aliphatic heterocycles. The van der Waals surface area contributed by atoms with Gasteiger partial charge in [0.25, 0.3) is 0 Å². The van der Waals surface area contributed by atoms with Crippen molar-refractivity contribution in [3.63, 3.8) is 0 Å². The Balaban J connectivity index is 1.67. The van der Waals surface area contributed by atoms with E-state index in [9.17, 15) is 9.90 Å². The normalized spacial score (nSPS) is 10.7. The lowest BCUT2D eigenvalue weighted by atomic mass is 10.2. The average molecular weight is 367 g/mol. The summed E-state index contributed by atoms with van der Waals surface area (Å²) in [5.41, 5.74) is 3.70. The second-order valence-electron chi connectivity index (χ2n) is 5.91. The molecule has 134 valence electrons. The fourth-order valence-corrected chi connectivity index (χ4v) is 3.40. The number of benzene rings is 2. The van der Waals surface area contributed by atoms with Crippen molar-refractivity contribution >= 4 is 23.4 Å². The lowest BCUT2D eigenvalue weighted by Crippen LogP contribution is -2.15. The fourth-order valence-electron chi connectivity index (χ4n) is 2.60. The molecular formula is C20H21N3O2S. The quantitative estimate of drug-likeness (QED) is 0.628. The van der Waals surface area contributed by atoms with Crippen LogP contribution in [0.25, 0.3) is 0 Å². The van der Waals surface area contributed by atoms with E-state index in [4.69, 9.17) is 0 Å². The predicted octanol–water partition coefficient (Wildman–Crippen LogP) is 3.46. The minimum Gasteiger partial charge on any atom is -0.390 e. The highest BCUT2D eigenvalue weighted by Crippen LogP contribution is 2.21. The number of rotatable bonds is 7. The van der Waals surface area contributed by atoms with Crippen LogP contribution in [0, 0.1) is 6.92 Å². The molecule has 1 aromatic heterocycles. The van der Waals surface area contributed by atoms with Crippen LogP contribution in [0.1, 0.15) is 16.8 Å². The summed E-state index contributed by atoms with van der Waals surface area (Å²) in [6.07, 6.45) is 1.66. The molecule has 0 aliphatic carbocycles. The van der Waals surface area contributed by atoms with Crippen molar-refractivity contribution in [2.24, 2.45) is 0 Å². The van der Waals surface area contributed by atoms with Crippen molar-refractivity contribution in [3.8, 4) is 0 Å². The van der Waals surface area contributed by atoms with Crippen LogP contribution in [0.15, 0.2) is 66.0 Å². The van der Waals surface area contributed by atoms with Crippen LogP contribution in [-0.4, -0.2) is 26.3 Å². The summed E-state index contributed by atoms with van der Waals surface area (Å²) in [4.78, 5) is 16.6. The van der Waals surface area contributed by atoms with Gasteiger partial charge in [-0.1, -0.05) is 60.3 Å². The van der Waals surface area contributed by atoms with Gasteiger partial charge in [-0.3, -0.25) is 4.79 Å². The largest absolute Gasteiger partial charge is 0.390 e. The number of amides is 1. The first-order chi connectivity index (χ1) is 12.7. The third-order valence-electron chi connectivity index (χ3n) is 4.00. The number of hydrogen-bond donors (Lipinski definition) is 2. The van der Waals surface area contributed by atoms with Gasteiger partial charge < -0.3 is 15.0 Å². The van der Waals surface area contributed by atoms with Crippen LogP contribution in [0.3, 0.4) is 0 Å². The van der Waals surface area contributed by atoms with Gasteiger partial charge in [-0.05, 0) is 24.1 Å². The molecule has 1 amide bonds. The molecule has 0 unspecified atom stereocenters. The molecule has 0 radical (unpaired) electrons. The van der Waals surface area contributed by atoms with E-state index in [1.807, 2.05) is 66.1 Å². The molecule has 3 aromatic rings. The third kappa shape index (κ3) is 4.53. The Bertz CT molecular complexity index is 878. The molecule has 0 bridgehead atoms. The number of carbonyl (C=O) groups is 1. The number of thioether (sulfide) groups is 1. The van der Waals surface area contributed by atoms with Crippen molar-refractivity contribution in [2.45, 2.75) is 25.2 Å². The fraction of sp³-hybridized carbons (Fsp3) is 0.200. The molecule has 0 fully saturated rings. The SMILES string of the molecule is Cc1ccccc1NC(=O)CSc1ncc(CO)n1Cc1ccccc1. The number of aryl methyl sites for hydroxylation is 1. The molecule has 2 N–H and O–H groups in total. The van der Waals surface area contributed by atoms with Crippen molar-refractivity contribution in [2.75, 3.05) is 11.1 Å². The number of imidazole rings is 1. The van der Waals surface area contributed by atoms with Crippen molar-refractivity contribution in [1.82, 2.24) is 9.55 Å². The summed E-state index contributed by atoms with van der Waals surface area (Å²) in [5.74, 6) is 0.175. The van der Waals surface area contributed by atoms with Crippen LogP contribution >= 0.6 is 11.8 Å². The number of nitrogens with zero attached hydrogens (tertiary/aromatic N) is 2. The number of anilines is 1. The number of carbonyl (C=O) groups excluding carboxylic acids is 1. The topological polar surface area (TPSA) is 67.2 Å². The number of aliphatic hydroxyl groups excluding tert-OH is 1. The zero-order chi connectivity index (χ0) is 18.4. The highest BCUT2D eigenvalue weighted by Gasteiger charge is 2.13. The molecule has 0 atom stereocenters. The van der Waals surface area contributed by atoms with Gasteiger partial charge in [0.2, 0.25) is 5.91 Å². The highest BCUT2D eigenvalue weighted by molar-refractivity contribution is 7.99. The minimum atomic E-state index is -0.0875. The Kier molecular flexibility index (Phi) is 6.09. The van der Waals surface area contributed by atoms with Crippen LogP contribution < -0.4 is 5.32 Å². The summed E-state index contributed by atoms with van der Waals surface area (Å²) in [6, 6.07) is 17.7. The molecule has 3 rings (SSSR count). The van der Waals surface area contributed by atoms with Crippen LogP contribution in [-0.2, 0) is 17.9 Å². The number of hydrogen-bond acceptors (Lipinski definition) is 4. The van der Waals surface area contributed by atoms with Crippen molar-refractivity contribution in [1.29, 1.82) is 0 Å². The molecule has 1 heterocycles. The molecule has 5 nitrogen and oxygen atoms in total. The maximum absolute atomic E-state index is 12.3. The van der Waals surface area contributed by atoms with Crippen molar-refractivity contribution < 1.29 is 9.90 Å². The summed E-state index contributed by atoms with van der Waals surface area (Å²) >= 11 is 1.36. The van der Waals surface area contributed by atoms with Gasteiger partial charge in [0.1, 0.15) is 0 Å². The van der Waals surface area contributed by atoms with E-state index in [0.717, 1.165) is 27.7 Å². The average Bonchev–Trinajstić information content (AvgIpc) is 3.04. The Labute approximate surface area is 157 Å². The number of aromatic nitrogens is 2. The van der Waals surface area contributed by atoms with Crippen LogP contribution in [0.4, 0.5) is 5.69 Å². The monoisotopic (exact) mass is 367 g/mol. The zero-order valence-corrected chi connectivity index (χ0v) is 15.4. The molecular weight excluding hydrogens is 346 g/mol. The first kappa shape index (κ1) is 18.2. The number of aliphatic hydroxyl groups is 1. The summed E-state index contributed by atoms with van der Waals surface area (Å²) in [5, 5.41) is 13.2. The number of nitrogens with one attached hydrogen (secondary N) is 1. The van der Waals surface area contributed by atoms with Crippen LogP contribution in [0.5, 0.6) is 0 Å². The van der Waals surface area contributed by atoms with E-state index in [0.29, 0.717) is 6.54 Å². The van der Waals surface area contributed by atoms with E-state index in [2.05, 4.69) is 10.3 Å². The molecule has 0 saturated carbocycles. The van der Waals surface area contributed by atoms with Gasteiger partial charge in [0.05, 0.1) is 24.3 Å². The summed E-state index contributed by atoms with van der Waals surface area (Å²) in [6.45, 7) is 2.48. The Hall–Kier alpha value is -2.57. The van der Waals surface area contributed by atoms with Crippen LogP contribution in [0.2, 0.25) is 0 Å². The van der Waals surface area contributed by atoms with Crippen molar-refractivity contribution in [3.05, 3.63) is 77.6 Å². The smallest absolute Gasteiger partial charge is 0.234 e. The van der Waals surface area contributed by atoms with E-state index in [1.165, 1.54) is 11.8 Å². The standard InChI is InChI=1S/C20H21N3O2S/c1-15-7-5-6-10-18(15)22-19(25)14-26-20-21-11-17(13-24)23(20)12-16-8-3-2-4-9-16/h2-11,24H,12-14H2,1H3,(H,22,25). The Morgan fingerprint density at radius 3 is 2.62 bits per heavy atom. The van der Waals surface area contributed by atoms with Gasteiger partial charge >= 0.3 is 0 Å². The van der Waals surface area contributed by atoms with Gasteiger partial charge in [0.15, 0.2) is 5.16 Å². The Morgan fingerprint density at radius 2 is 1.88 bits per heavy atom. The minimum absolute atomic E-state index is 0.0795. The first-order valence-corrected chi connectivity index (χ1v) is 9.33. The lowest BCUT2D eigenvalue weighted by molar-refractivity contribution is -0.113. The van der Waals surface area contributed by atoms with E-state index in [1.54, 1.807) is 6.20 Å². The van der Waals surface area contributed by atoms with E-state index in [-0.39, 0.29) is 18.3 Å². The molecule has 0 aliphatic rings. The van der Waals surface area contributed by atoms with Gasteiger partial charge in [0, 0.05) is 12.2 Å². The second kappa shape index (κ2) is 8.69. The Morgan fingerprint density at radius 1 is 1.15 bits per heavy atom. The summed E-state index contributed by atoms with van der Waals surface area (Å²) in [7, 11) is 0. The summed E-state index contributed by atoms with van der Waals surface area (Å²) < 4.78 is 1.95. The second-order valence-corrected chi connectivity index (χ2v) is 6.86. The molecule has 0 spiro atoms. The predicted molar refractivity (Wildman–Crippen MR) is 104 cm³/mol. The van der Waals surface area contributed by atoms with Gasteiger partial charge in [-0.25, -0.2) is 4.98 Å². The van der Waals surface area contributed by atoms with E-state index >= 15 is 0 Å². The molecule has 6 heteroatoms. The highest BCUT2D eigenvalue weighted by atomic mass is 32.2. The maximum Gasteiger partial charge on any atom is 0.234 e. The van der Waals surface area contributed by atoms with Gasteiger partial charge in [-0.2, -0.15) is 0 Å². The molecule has 2 aromatic carbocycles. The van der Waals surface area contributed by atoms with E-state index < -0.39 is 0 Å². The van der Waals surface area contributed by atoms with Gasteiger partial charge in [-0.15, -0.1) is 0 Å². The molecule has 0 saturated heterocycles. The lowest BCUT2D eigenvalue weighted by Gasteiger charge is -2.11. The maximum atomic E-state index is 12.3.